The molecule has 0 spiro atoms. The first-order valence-electron chi connectivity index (χ1n) is 7.06. The van der Waals surface area contributed by atoms with Gasteiger partial charge in [-0.15, -0.1) is 0 Å². The number of benzene rings is 1. The lowest BCUT2D eigenvalue weighted by molar-refractivity contribution is 0.512. The van der Waals surface area contributed by atoms with E-state index in [1.54, 1.807) is 0 Å². The van der Waals surface area contributed by atoms with Gasteiger partial charge in [0.15, 0.2) is 0 Å². The van der Waals surface area contributed by atoms with Gasteiger partial charge in [-0.3, -0.25) is 0 Å². The lowest BCUT2D eigenvalue weighted by Crippen LogP contribution is -2.24. The smallest absolute Gasteiger partial charge is 0.0205 e. The molecule has 18 heavy (non-hydrogen) atoms. The van der Waals surface area contributed by atoms with E-state index in [0.717, 1.165) is 19.0 Å². The van der Waals surface area contributed by atoms with Crippen molar-refractivity contribution in [2.75, 3.05) is 19.6 Å². The van der Waals surface area contributed by atoms with E-state index < -0.39 is 0 Å². The third-order valence-electron chi connectivity index (χ3n) is 3.74. The van der Waals surface area contributed by atoms with Crippen molar-refractivity contribution in [1.29, 1.82) is 0 Å². The average molecular weight is 246 g/mol. The van der Waals surface area contributed by atoms with E-state index in [0.29, 0.717) is 0 Å². The van der Waals surface area contributed by atoms with Crippen LogP contribution in [-0.4, -0.2) is 19.6 Å². The monoisotopic (exact) mass is 246 g/mol. The predicted octanol–water partition coefficient (Wildman–Crippen LogP) is 2.68. The van der Waals surface area contributed by atoms with Gasteiger partial charge in [0.1, 0.15) is 0 Å². The Kier molecular flexibility index (Phi) is 4.41. The standard InChI is InChI=1S/C16H26N2/c1-16(2,3)15-6-4-13(5-7-15)10-18-12-14-8-9-17-11-14/h4-7,14,17-18H,8-12H2,1-3H3. The molecule has 1 aromatic rings. The summed E-state index contributed by atoms with van der Waals surface area (Å²) in [6.07, 6.45) is 1.32. The summed E-state index contributed by atoms with van der Waals surface area (Å²) in [7, 11) is 0. The first-order chi connectivity index (χ1) is 8.55. The zero-order valence-electron chi connectivity index (χ0n) is 11.9. The average Bonchev–Trinajstić information content (AvgIpc) is 2.82. The third-order valence-corrected chi connectivity index (χ3v) is 3.74. The summed E-state index contributed by atoms with van der Waals surface area (Å²) in [4.78, 5) is 0. The van der Waals surface area contributed by atoms with Crippen molar-refractivity contribution in [3.63, 3.8) is 0 Å². The third kappa shape index (κ3) is 3.82. The van der Waals surface area contributed by atoms with E-state index in [4.69, 9.17) is 0 Å². The molecule has 1 unspecified atom stereocenters. The fourth-order valence-corrected chi connectivity index (χ4v) is 2.43. The molecule has 1 saturated heterocycles. The molecule has 100 valence electrons. The lowest BCUT2D eigenvalue weighted by atomic mass is 9.87. The molecule has 2 heteroatoms. The zero-order chi connectivity index (χ0) is 13.0. The van der Waals surface area contributed by atoms with Crippen LogP contribution >= 0.6 is 0 Å². The van der Waals surface area contributed by atoms with Crippen LogP contribution in [0.4, 0.5) is 0 Å². The van der Waals surface area contributed by atoms with Crippen LogP contribution in [-0.2, 0) is 12.0 Å². The van der Waals surface area contributed by atoms with Crippen LogP contribution in [0.1, 0.15) is 38.3 Å². The Hall–Kier alpha value is -0.860. The molecule has 1 atom stereocenters. The van der Waals surface area contributed by atoms with Crippen LogP contribution < -0.4 is 10.6 Å². The SMILES string of the molecule is CC(C)(C)c1ccc(CNCC2CCNC2)cc1. The molecule has 1 fully saturated rings. The van der Waals surface area contributed by atoms with Crippen molar-refractivity contribution in [3.05, 3.63) is 35.4 Å². The minimum absolute atomic E-state index is 0.251. The Morgan fingerprint density at radius 2 is 1.94 bits per heavy atom. The van der Waals surface area contributed by atoms with Crippen molar-refractivity contribution in [2.24, 2.45) is 5.92 Å². The largest absolute Gasteiger partial charge is 0.316 e. The summed E-state index contributed by atoms with van der Waals surface area (Å²) in [5.41, 5.74) is 3.04. The molecule has 2 N–H and O–H groups in total. The highest BCUT2D eigenvalue weighted by Gasteiger charge is 2.14. The van der Waals surface area contributed by atoms with Gasteiger partial charge < -0.3 is 10.6 Å². The maximum Gasteiger partial charge on any atom is 0.0205 e. The van der Waals surface area contributed by atoms with E-state index in [2.05, 4.69) is 55.7 Å². The summed E-state index contributed by atoms with van der Waals surface area (Å²) in [6, 6.07) is 9.02. The van der Waals surface area contributed by atoms with Gasteiger partial charge in [0.2, 0.25) is 0 Å². The molecule has 2 rings (SSSR count). The number of nitrogens with one attached hydrogen (secondary N) is 2. The van der Waals surface area contributed by atoms with Gasteiger partial charge in [-0.25, -0.2) is 0 Å². The summed E-state index contributed by atoms with van der Waals surface area (Å²) in [5, 5.41) is 6.97. The number of hydrogen-bond donors (Lipinski definition) is 2. The van der Waals surface area contributed by atoms with Crippen LogP contribution in [0.5, 0.6) is 0 Å². The molecule has 0 radical (unpaired) electrons. The molecule has 1 heterocycles. The summed E-state index contributed by atoms with van der Waals surface area (Å²) in [5.74, 6) is 0.818. The number of hydrogen-bond acceptors (Lipinski definition) is 2. The molecule has 2 nitrogen and oxygen atoms in total. The Morgan fingerprint density at radius 1 is 1.22 bits per heavy atom. The van der Waals surface area contributed by atoms with Crippen LogP contribution in [0.15, 0.2) is 24.3 Å². The fourth-order valence-electron chi connectivity index (χ4n) is 2.43. The number of rotatable bonds is 4. The van der Waals surface area contributed by atoms with E-state index in [1.807, 2.05) is 0 Å². The normalized spacial score (nSPS) is 20.3. The van der Waals surface area contributed by atoms with Gasteiger partial charge in [-0.05, 0) is 48.5 Å². The Bertz CT molecular complexity index is 356. The van der Waals surface area contributed by atoms with E-state index in [-0.39, 0.29) is 5.41 Å². The summed E-state index contributed by atoms with van der Waals surface area (Å²) >= 11 is 0. The van der Waals surface area contributed by atoms with Crippen molar-refractivity contribution < 1.29 is 0 Å². The molecule has 1 aliphatic heterocycles. The van der Waals surface area contributed by atoms with Gasteiger partial charge in [0.05, 0.1) is 0 Å². The second-order valence-corrected chi connectivity index (χ2v) is 6.44. The fraction of sp³-hybridized carbons (Fsp3) is 0.625. The van der Waals surface area contributed by atoms with Crippen molar-refractivity contribution >= 4 is 0 Å². The van der Waals surface area contributed by atoms with Crippen LogP contribution in [0.3, 0.4) is 0 Å². The van der Waals surface area contributed by atoms with E-state index in [1.165, 1.54) is 30.6 Å². The van der Waals surface area contributed by atoms with E-state index in [9.17, 15) is 0 Å². The van der Waals surface area contributed by atoms with Crippen molar-refractivity contribution in [3.8, 4) is 0 Å². The molecule has 0 aliphatic carbocycles. The van der Waals surface area contributed by atoms with Gasteiger partial charge in [0, 0.05) is 6.54 Å². The maximum atomic E-state index is 3.56. The molecular weight excluding hydrogens is 220 g/mol. The Labute approximate surface area is 111 Å². The topological polar surface area (TPSA) is 24.1 Å². The van der Waals surface area contributed by atoms with Gasteiger partial charge in [-0.2, -0.15) is 0 Å². The molecule has 0 aromatic heterocycles. The first kappa shape index (κ1) is 13.6. The second kappa shape index (κ2) is 5.85. The molecule has 1 aliphatic rings. The first-order valence-corrected chi connectivity index (χ1v) is 7.06. The maximum absolute atomic E-state index is 3.56. The van der Waals surface area contributed by atoms with Crippen LogP contribution in [0.25, 0.3) is 0 Å². The van der Waals surface area contributed by atoms with Gasteiger partial charge in [-0.1, -0.05) is 45.0 Å². The minimum atomic E-state index is 0.251. The molecule has 0 saturated carbocycles. The molecular formula is C16H26N2. The van der Waals surface area contributed by atoms with Crippen LogP contribution in [0.2, 0.25) is 0 Å². The summed E-state index contributed by atoms with van der Waals surface area (Å²) < 4.78 is 0. The van der Waals surface area contributed by atoms with E-state index >= 15 is 0 Å². The highest BCUT2D eigenvalue weighted by Crippen LogP contribution is 2.22. The van der Waals surface area contributed by atoms with Crippen molar-refractivity contribution in [1.82, 2.24) is 10.6 Å². The van der Waals surface area contributed by atoms with Crippen LogP contribution in [0, 0.1) is 5.92 Å². The Balaban J connectivity index is 1.79. The predicted molar refractivity (Wildman–Crippen MR) is 77.8 cm³/mol. The molecule has 1 aromatic carbocycles. The van der Waals surface area contributed by atoms with Crippen molar-refractivity contribution in [2.45, 2.75) is 39.2 Å². The lowest BCUT2D eigenvalue weighted by Gasteiger charge is -2.19. The highest BCUT2D eigenvalue weighted by atomic mass is 14.9. The molecule has 0 amide bonds. The zero-order valence-corrected chi connectivity index (χ0v) is 11.9. The highest BCUT2D eigenvalue weighted by molar-refractivity contribution is 5.27. The molecule has 0 bridgehead atoms. The summed E-state index contributed by atoms with van der Waals surface area (Å²) in [6.45, 7) is 11.3. The minimum Gasteiger partial charge on any atom is -0.316 e. The quantitative estimate of drug-likeness (QED) is 0.853. The van der Waals surface area contributed by atoms with Gasteiger partial charge >= 0.3 is 0 Å². The van der Waals surface area contributed by atoms with Gasteiger partial charge in [0.25, 0.3) is 0 Å². The Morgan fingerprint density at radius 3 is 2.50 bits per heavy atom. The second-order valence-electron chi connectivity index (χ2n) is 6.44.